The SMILES string of the molecule is O=C1CC(=O)NC(=O)N1.[KH]. The number of hydrogen-bond acceptors (Lipinski definition) is 3. The van der Waals surface area contributed by atoms with E-state index in [-0.39, 0.29) is 57.8 Å². The minimum atomic E-state index is -0.740. The predicted octanol–water partition coefficient (Wildman–Crippen LogP) is -1.91. The van der Waals surface area contributed by atoms with Crippen LogP contribution in [0.5, 0.6) is 0 Å². The van der Waals surface area contributed by atoms with Gasteiger partial charge in [-0.2, -0.15) is 0 Å². The van der Waals surface area contributed by atoms with Crippen LogP contribution in [0, 0.1) is 0 Å². The maximum atomic E-state index is 10.3. The molecule has 2 N–H and O–H groups in total. The maximum absolute atomic E-state index is 10.3. The Bertz CT molecular complexity index is 146. The number of nitrogens with one attached hydrogen (secondary N) is 2. The molecule has 6 heteroatoms. The van der Waals surface area contributed by atoms with E-state index >= 15 is 0 Å². The van der Waals surface area contributed by atoms with Crippen molar-refractivity contribution in [1.82, 2.24) is 10.6 Å². The Balaban J connectivity index is 0.000000810. The van der Waals surface area contributed by atoms with Gasteiger partial charge in [0.05, 0.1) is 0 Å². The summed E-state index contributed by atoms with van der Waals surface area (Å²) in [7, 11) is 0. The van der Waals surface area contributed by atoms with Gasteiger partial charge >= 0.3 is 57.4 Å². The van der Waals surface area contributed by atoms with Crippen LogP contribution in [0.25, 0.3) is 0 Å². The average molecular weight is 168 g/mol. The molecular weight excluding hydrogens is 163 g/mol. The van der Waals surface area contributed by atoms with Crippen molar-refractivity contribution in [2.45, 2.75) is 6.42 Å². The first kappa shape index (κ1) is 10.2. The molecule has 0 aromatic heterocycles. The summed E-state index contributed by atoms with van der Waals surface area (Å²) in [6.45, 7) is 0. The van der Waals surface area contributed by atoms with Gasteiger partial charge in [-0.25, -0.2) is 4.79 Å². The Labute approximate surface area is 99.3 Å². The third kappa shape index (κ3) is 2.89. The summed E-state index contributed by atoms with van der Waals surface area (Å²) in [6.07, 6.45) is -0.258. The van der Waals surface area contributed by atoms with Crippen molar-refractivity contribution >= 4 is 69.2 Å². The average Bonchev–Trinajstić information content (AvgIpc) is 1.59. The van der Waals surface area contributed by atoms with E-state index in [1.165, 1.54) is 0 Å². The molecule has 1 aliphatic rings. The monoisotopic (exact) mass is 168 g/mol. The fourth-order valence-electron chi connectivity index (χ4n) is 0.519. The van der Waals surface area contributed by atoms with Crippen LogP contribution in [0.15, 0.2) is 0 Å². The Morgan fingerprint density at radius 1 is 1.00 bits per heavy atom. The molecule has 1 saturated heterocycles. The number of urea groups is 1. The molecule has 0 spiro atoms. The molecule has 50 valence electrons. The van der Waals surface area contributed by atoms with Crippen molar-refractivity contribution in [1.29, 1.82) is 0 Å². The molecule has 1 heterocycles. The fraction of sp³-hybridized carbons (Fsp3) is 0.250. The predicted molar refractivity (Wildman–Crippen MR) is 33.4 cm³/mol. The van der Waals surface area contributed by atoms with Gasteiger partial charge in [0.1, 0.15) is 6.42 Å². The van der Waals surface area contributed by atoms with Gasteiger partial charge in [0.15, 0.2) is 0 Å². The van der Waals surface area contributed by atoms with Gasteiger partial charge in [0.25, 0.3) is 0 Å². The molecule has 0 radical (unpaired) electrons. The molecule has 10 heavy (non-hydrogen) atoms. The summed E-state index contributed by atoms with van der Waals surface area (Å²) in [5.74, 6) is -1.10. The van der Waals surface area contributed by atoms with Gasteiger partial charge in [-0.1, -0.05) is 0 Å². The van der Waals surface area contributed by atoms with Crippen molar-refractivity contribution in [3.8, 4) is 0 Å². The summed E-state index contributed by atoms with van der Waals surface area (Å²) in [6, 6.07) is -0.740. The second-order valence-electron chi connectivity index (χ2n) is 1.60. The zero-order valence-corrected chi connectivity index (χ0v) is 4.43. The number of barbiturate groups is 1. The standard InChI is InChI=1S/C4H4N2O3.K.H/c7-2-1-3(8)6-4(9)5-2;;/h1H2,(H2,5,6,7,8,9);;. The Hall–Kier alpha value is 0.246. The van der Waals surface area contributed by atoms with Crippen LogP contribution in [-0.2, 0) is 9.59 Å². The van der Waals surface area contributed by atoms with Gasteiger partial charge in [0, 0.05) is 0 Å². The normalized spacial score (nSPS) is 17.0. The second-order valence-corrected chi connectivity index (χ2v) is 1.60. The number of hydrogen-bond donors (Lipinski definition) is 2. The Kier molecular flexibility index (Phi) is 4.30. The van der Waals surface area contributed by atoms with E-state index in [0.717, 1.165) is 0 Å². The molecule has 0 bridgehead atoms. The first-order valence-corrected chi connectivity index (χ1v) is 2.32. The third-order valence-corrected chi connectivity index (χ3v) is 0.827. The van der Waals surface area contributed by atoms with Crippen LogP contribution in [0.1, 0.15) is 6.42 Å². The second kappa shape index (κ2) is 4.19. The number of carbonyl (C=O) groups is 3. The van der Waals surface area contributed by atoms with Gasteiger partial charge in [-0.3, -0.25) is 20.2 Å². The van der Waals surface area contributed by atoms with Crippen molar-refractivity contribution in [3.63, 3.8) is 0 Å². The Morgan fingerprint density at radius 3 is 1.70 bits per heavy atom. The third-order valence-electron chi connectivity index (χ3n) is 0.827. The molecule has 0 saturated carbocycles. The first-order chi connectivity index (χ1) is 4.18. The topological polar surface area (TPSA) is 75.3 Å². The van der Waals surface area contributed by atoms with Gasteiger partial charge < -0.3 is 0 Å². The van der Waals surface area contributed by atoms with Crippen molar-refractivity contribution in [2.75, 3.05) is 0 Å². The van der Waals surface area contributed by atoms with Crippen molar-refractivity contribution < 1.29 is 14.4 Å². The molecular formula is C4H5KN2O3. The van der Waals surface area contributed by atoms with E-state index in [4.69, 9.17) is 0 Å². The summed E-state index contributed by atoms with van der Waals surface area (Å²) in [4.78, 5) is 30.8. The van der Waals surface area contributed by atoms with Crippen LogP contribution in [0.3, 0.4) is 0 Å². The molecule has 4 amide bonds. The Morgan fingerprint density at radius 2 is 1.40 bits per heavy atom. The summed E-state index contributed by atoms with van der Waals surface area (Å²) in [5.41, 5.74) is 0. The zero-order valence-electron chi connectivity index (χ0n) is 4.43. The van der Waals surface area contributed by atoms with E-state index < -0.39 is 17.8 Å². The van der Waals surface area contributed by atoms with E-state index in [1.54, 1.807) is 0 Å². The van der Waals surface area contributed by atoms with Gasteiger partial charge in [-0.15, -0.1) is 0 Å². The zero-order chi connectivity index (χ0) is 6.85. The molecule has 0 aliphatic carbocycles. The van der Waals surface area contributed by atoms with E-state index in [1.807, 2.05) is 10.6 Å². The molecule has 0 aromatic carbocycles. The molecule has 1 fully saturated rings. The molecule has 1 aliphatic heterocycles. The van der Waals surface area contributed by atoms with E-state index in [2.05, 4.69) is 0 Å². The summed E-state index contributed by atoms with van der Waals surface area (Å²) < 4.78 is 0. The van der Waals surface area contributed by atoms with Crippen molar-refractivity contribution in [3.05, 3.63) is 0 Å². The molecule has 0 unspecified atom stereocenters. The molecule has 5 nitrogen and oxygen atoms in total. The van der Waals surface area contributed by atoms with Gasteiger partial charge in [0.2, 0.25) is 11.8 Å². The number of amides is 4. The number of rotatable bonds is 0. The first-order valence-electron chi connectivity index (χ1n) is 2.32. The fourth-order valence-corrected chi connectivity index (χ4v) is 0.519. The van der Waals surface area contributed by atoms with Crippen molar-refractivity contribution in [2.24, 2.45) is 0 Å². The molecule has 1 rings (SSSR count). The van der Waals surface area contributed by atoms with Crippen LogP contribution in [0.2, 0.25) is 0 Å². The van der Waals surface area contributed by atoms with Gasteiger partial charge in [-0.05, 0) is 0 Å². The molecule has 0 aromatic rings. The van der Waals surface area contributed by atoms with Crippen LogP contribution in [0.4, 0.5) is 4.79 Å². The summed E-state index contributed by atoms with van der Waals surface area (Å²) >= 11 is 0. The van der Waals surface area contributed by atoms with Crippen LogP contribution < -0.4 is 10.6 Å². The van der Waals surface area contributed by atoms with Crippen LogP contribution in [-0.4, -0.2) is 69.2 Å². The minimum absolute atomic E-state index is 0. The van der Waals surface area contributed by atoms with E-state index in [0.29, 0.717) is 0 Å². The quantitative estimate of drug-likeness (QED) is 0.327. The number of carbonyl (C=O) groups excluding carboxylic acids is 3. The van der Waals surface area contributed by atoms with E-state index in [9.17, 15) is 14.4 Å². The van der Waals surface area contributed by atoms with Crippen LogP contribution >= 0.6 is 0 Å². The number of imide groups is 2. The summed E-state index contributed by atoms with van der Waals surface area (Å²) in [5, 5.41) is 3.80. The molecule has 0 atom stereocenters.